The predicted octanol–water partition coefficient (Wildman–Crippen LogP) is 2.56. The molecule has 1 aromatic rings. The van der Waals surface area contributed by atoms with Crippen molar-refractivity contribution in [2.24, 2.45) is 5.73 Å². The molecule has 1 rings (SSSR count). The fourth-order valence-corrected chi connectivity index (χ4v) is 2.27. The van der Waals surface area contributed by atoms with Gasteiger partial charge in [0.1, 0.15) is 0 Å². The van der Waals surface area contributed by atoms with Gasteiger partial charge in [0.2, 0.25) is 5.91 Å². The van der Waals surface area contributed by atoms with Crippen molar-refractivity contribution in [3.05, 3.63) is 33.8 Å². The minimum Gasteiger partial charge on any atom is -0.354 e. The molecule has 1 unspecified atom stereocenters. The van der Waals surface area contributed by atoms with Crippen molar-refractivity contribution in [1.29, 1.82) is 0 Å². The Kier molecular flexibility index (Phi) is 5.25. The average molecular weight is 275 g/mol. The number of carbonyl (C=O) groups excluding carboxylic acids is 1. The third-order valence-electron chi connectivity index (χ3n) is 2.49. The minimum absolute atomic E-state index is 0.0406. The zero-order valence-corrected chi connectivity index (χ0v) is 11.3. The van der Waals surface area contributed by atoms with Crippen LogP contribution in [0, 0.1) is 0 Å². The highest BCUT2D eigenvalue weighted by Gasteiger charge is 2.15. The van der Waals surface area contributed by atoms with Crippen LogP contribution < -0.4 is 11.1 Å². The van der Waals surface area contributed by atoms with Crippen LogP contribution in [0.5, 0.6) is 0 Å². The first-order valence-electron chi connectivity index (χ1n) is 5.40. The lowest BCUT2D eigenvalue weighted by Crippen LogP contribution is -2.39. The molecule has 0 saturated carbocycles. The van der Waals surface area contributed by atoms with Crippen LogP contribution in [0.25, 0.3) is 0 Å². The van der Waals surface area contributed by atoms with Gasteiger partial charge in [0, 0.05) is 22.5 Å². The van der Waals surface area contributed by atoms with Crippen LogP contribution in [0.4, 0.5) is 0 Å². The summed E-state index contributed by atoms with van der Waals surface area (Å²) < 4.78 is 0. The number of amides is 1. The van der Waals surface area contributed by atoms with Crippen molar-refractivity contribution in [2.75, 3.05) is 6.54 Å². The molecule has 0 heterocycles. The molecule has 0 aliphatic rings. The molecule has 5 heteroatoms. The van der Waals surface area contributed by atoms with E-state index >= 15 is 0 Å². The minimum atomic E-state index is -0.510. The number of nitrogens with two attached hydrogens (primary N) is 1. The van der Waals surface area contributed by atoms with Gasteiger partial charge in [-0.15, -0.1) is 0 Å². The molecule has 2 atom stereocenters. The lowest BCUT2D eigenvalue weighted by molar-refractivity contribution is -0.122. The first kappa shape index (κ1) is 14.3. The van der Waals surface area contributed by atoms with E-state index in [1.54, 1.807) is 25.1 Å². The third kappa shape index (κ3) is 3.87. The summed E-state index contributed by atoms with van der Waals surface area (Å²) in [5.74, 6) is -0.140. The standard InChI is InChI=1S/C12H16Cl2N2O/c1-7(6-16-12(17)8(2)15)11-9(13)4-3-5-10(11)14/h3-5,7-8H,6,15H2,1-2H3,(H,16,17)/t7?,8-/m0/s1. The van der Waals surface area contributed by atoms with Crippen LogP contribution in [-0.4, -0.2) is 18.5 Å². The van der Waals surface area contributed by atoms with Crippen LogP contribution in [0.15, 0.2) is 18.2 Å². The summed E-state index contributed by atoms with van der Waals surface area (Å²) >= 11 is 12.2. The largest absolute Gasteiger partial charge is 0.354 e. The van der Waals surface area contributed by atoms with Gasteiger partial charge in [-0.3, -0.25) is 4.79 Å². The molecule has 0 spiro atoms. The smallest absolute Gasteiger partial charge is 0.236 e. The van der Waals surface area contributed by atoms with E-state index in [2.05, 4.69) is 5.32 Å². The van der Waals surface area contributed by atoms with Crippen LogP contribution in [-0.2, 0) is 4.79 Å². The topological polar surface area (TPSA) is 55.1 Å². The molecule has 1 amide bonds. The Balaban J connectivity index is 2.70. The maximum absolute atomic E-state index is 11.3. The molecule has 0 aliphatic carbocycles. The maximum Gasteiger partial charge on any atom is 0.236 e. The molecule has 0 saturated heterocycles. The van der Waals surface area contributed by atoms with Crippen LogP contribution in [0.3, 0.4) is 0 Å². The van der Waals surface area contributed by atoms with Gasteiger partial charge in [-0.2, -0.15) is 0 Å². The van der Waals surface area contributed by atoms with Gasteiger partial charge in [-0.25, -0.2) is 0 Å². The lowest BCUT2D eigenvalue weighted by atomic mass is 10.0. The number of halogens is 2. The first-order chi connectivity index (χ1) is 7.93. The Morgan fingerprint density at radius 2 is 1.88 bits per heavy atom. The van der Waals surface area contributed by atoms with E-state index in [0.717, 1.165) is 5.56 Å². The van der Waals surface area contributed by atoms with Crippen LogP contribution in [0.2, 0.25) is 10.0 Å². The molecule has 94 valence electrons. The Morgan fingerprint density at radius 1 is 1.35 bits per heavy atom. The van der Waals surface area contributed by atoms with Gasteiger partial charge < -0.3 is 11.1 Å². The zero-order chi connectivity index (χ0) is 13.0. The molecule has 3 N–H and O–H groups in total. The fourth-order valence-electron chi connectivity index (χ4n) is 1.50. The number of carbonyl (C=O) groups is 1. The van der Waals surface area contributed by atoms with Gasteiger partial charge >= 0.3 is 0 Å². The van der Waals surface area contributed by atoms with Gasteiger partial charge in [0.05, 0.1) is 6.04 Å². The second-order valence-electron chi connectivity index (χ2n) is 4.07. The molecule has 1 aromatic carbocycles. The van der Waals surface area contributed by atoms with Crippen molar-refractivity contribution in [2.45, 2.75) is 25.8 Å². The summed E-state index contributed by atoms with van der Waals surface area (Å²) in [6, 6.07) is 4.85. The molecule has 0 aliphatic heterocycles. The maximum atomic E-state index is 11.3. The Labute approximate surface area is 111 Å². The van der Waals surface area contributed by atoms with Gasteiger partial charge in [0.15, 0.2) is 0 Å². The number of hydrogen-bond acceptors (Lipinski definition) is 2. The molecule has 0 aromatic heterocycles. The molecule has 17 heavy (non-hydrogen) atoms. The number of nitrogens with one attached hydrogen (secondary N) is 1. The molecule has 0 radical (unpaired) electrons. The fraction of sp³-hybridized carbons (Fsp3) is 0.417. The first-order valence-corrected chi connectivity index (χ1v) is 6.16. The molecular formula is C12H16Cl2N2O. The van der Waals surface area contributed by atoms with E-state index < -0.39 is 6.04 Å². The highest BCUT2D eigenvalue weighted by Crippen LogP contribution is 2.30. The second kappa shape index (κ2) is 6.24. The SMILES string of the molecule is CC(CNC(=O)[C@H](C)N)c1c(Cl)cccc1Cl. The van der Waals surface area contributed by atoms with Crippen molar-refractivity contribution in [3.63, 3.8) is 0 Å². The summed E-state index contributed by atoms with van der Waals surface area (Å²) in [4.78, 5) is 11.3. The summed E-state index contributed by atoms with van der Waals surface area (Å²) in [6.07, 6.45) is 0. The van der Waals surface area contributed by atoms with Crippen LogP contribution in [0.1, 0.15) is 25.3 Å². The highest BCUT2D eigenvalue weighted by molar-refractivity contribution is 6.36. The molecular weight excluding hydrogens is 259 g/mol. The third-order valence-corrected chi connectivity index (χ3v) is 3.15. The molecule has 0 fully saturated rings. The molecule has 0 bridgehead atoms. The molecule has 3 nitrogen and oxygen atoms in total. The predicted molar refractivity (Wildman–Crippen MR) is 71.5 cm³/mol. The van der Waals surface area contributed by atoms with Crippen molar-refractivity contribution in [3.8, 4) is 0 Å². The average Bonchev–Trinajstić information content (AvgIpc) is 2.25. The van der Waals surface area contributed by atoms with Crippen LogP contribution >= 0.6 is 23.2 Å². The zero-order valence-electron chi connectivity index (χ0n) is 9.84. The quantitative estimate of drug-likeness (QED) is 0.887. The van der Waals surface area contributed by atoms with Gasteiger partial charge in [-0.1, -0.05) is 36.2 Å². The number of hydrogen-bond donors (Lipinski definition) is 2. The van der Waals surface area contributed by atoms with E-state index in [9.17, 15) is 4.79 Å². The van der Waals surface area contributed by atoms with Crippen molar-refractivity contribution in [1.82, 2.24) is 5.32 Å². The second-order valence-corrected chi connectivity index (χ2v) is 4.88. The Morgan fingerprint density at radius 3 is 2.35 bits per heavy atom. The van der Waals surface area contributed by atoms with Gasteiger partial charge in [-0.05, 0) is 24.6 Å². The van der Waals surface area contributed by atoms with E-state index in [1.807, 2.05) is 6.92 Å². The normalized spacial score (nSPS) is 14.2. The van der Waals surface area contributed by atoms with E-state index in [4.69, 9.17) is 28.9 Å². The monoisotopic (exact) mass is 274 g/mol. The number of benzene rings is 1. The van der Waals surface area contributed by atoms with E-state index in [1.165, 1.54) is 0 Å². The lowest BCUT2D eigenvalue weighted by Gasteiger charge is -2.16. The number of rotatable bonds is 4. The van der Waals surface area contributed by atoms with Crippen molar-refractivity contribution < 1.29 is 4.79 Å². The summed E-state index contributed by atoms with van der Waals surface area (Å²) in [5, 5.41) is 3.98. The summed E-state index contributed by atoms with van der Waals surface area (Å²) in [5.41, 5.74) is 6.30. The van der Waals surface area contributed by atoms with E-state index in [-0.39, 0.29) is 11.8 Å². The summed E-state index contributed by atoms with van der Waals surface area (Å²) in [6.45, 7) is 4.06. The van der Waals surface area contributed by atoms with E-state index in [0.29, 0.717) is 16.6 Å². The highest BCUT2D eigenvalue weighted by atomic mass is 35.5. The Hall–Kier alpha value is -0.770. The summed E-state index contributed by atoms with van der Waals surface area (Å²) in [7, 11) is 0. The Bertz CT molecular complexity index is 387. The van der Waals surface area contributed by atoms with Crippen molar-refractivity contribution >= 4 is 29.1 Å². The van der Waals surface area contributed by atoms with Gasteiger partial charge in [0.25, 0.3) is 0 Å².